The Bertz CT molecular complexity index is 514. The number of hydrogen-bond acceptors (Lipinski definition) is 3. The second kappa shape index (κ2) is 8.89. The van der Waals surface area contributed by atoms with Gasteiger partial charge in [-0.3, -0.25) is 0 Å². The largest absolute Gasteiger partial charge is 0.491 e. The van der Waals surface area contributed by atoms with Gasteiger partial charge < -0.3 is 14.2 Å². The molecule has 1 aromatic carbocycles. The molecule has 2 rings (SSSR count). The fraction of sp³-hybridized carbons (Fsp3) is 0.500. The summed E-state index contributed by atoms with van der Waals surface area (Å²) in [6.07, 6.45) is -0.363. The van der Waals surface area contributed by atoms with Crippen LogP contribution in [0, 0.1) is 0 Å². The van der Waals surface area contributed by atoms with Crippen LogP contribution >= 0.6 is 22.6 Å². The molecule has 23 heavy (non-hydrogen) atoms. The summed E-state index contributed by atoms with van der Waals surface area (Å²) in [6, 6.07) is 4.83. The maximum atomic E-state index is 12.7. The summed E-state index contributed by atoms with van der Waals surface area (Å²) >= 11 is 2.06. The van der Waals surface area contributed by atoms with E-state index in [9.17, 15) is 13.2 Å². The normalized spacial score (nSPS) is 20.6. The van der Waals surface area contributed by atoms with Gasteiger partial charge in [0.05, 0.1) is 5.56 Å². The molecule has 1 unspecified atom stereocenters. The van der Waals surface area contributed by atoms with Crippen molar-refractivity contribution in [2.24, 2.45) is 0 Å². The van der Waals surface area contributed by atoms with Crippen LogP contribution in [0.25, 0.3) is 0 Å². The first kappa shape index (κ1) is 18.5. The highest BCUT2D eigenvalue weighted by Crippen LogP contribution is 2.31. The molecular formula is C16H18F3IO3. The number of hydrogen-bond donors (Lipinski definition) is 0. The van der Waals surface area contributed by atoms with E-state index in [2.05, 4.69) is 22.6 Å². The van der Waals surface area contributed by atoms with Gasteiger partial charge in [-0.1, -0.05) is 28.7 Å². The lowest BCUT2D eigenvalue weighted by atomic mass is 10.2. The van der Waals surface area contributed by atoms with Gasteiger partial charge in [-0.25, -0.2) is 0 Å². The molecule has 0 N–H and O–H groups in total. The molecule has 1 saturated heterocycles. The van der Waals surface area contributed by atoms with Crippen molar-refractivity contribution in [2.45, 2.75) is 37.8 Å². The molecule has 1 fully saturated rings. The highest BCUT2D eigenvalue weighted by Gasteiger charge is 2.30. The zero-order valence-corrected chi connectivity index (χ0v) is 14.5. The molecule has 0 amide bonds. The van der Waals surface area contributed by atoms with Gasteiger partial charge in [0, 0.05) is 6.61 Å². The summed E-state index contributed by atoms with van der Waals surface area (Å²) in [4.78, 5) is 0. The van der Waals surface area contributed by atoms with Crippen molar-refractivity contribution in [3.8, 4) is 5.75 Å². The first-order valence-electron chi connectivity index (χ1n) is 7.33. The third-order valence-electron chi connectivity index (χ3n) is 3.33. The molecule has 0 aliphatic carbocycles. The van der Waals surface area contributed by atoms with Crippen LogP contribution in [0.2, 0.25) is 0 Å². The Labute approximate surface area is 146 Å². The van der Waals surface area contributed by atoms with Crippen LogP contribution in [-0.4, -0.2) is 25.6 Å². The van der Waals surface area contributed by atoms with E-state index in [0.29, 0.717) is 6.61 Å². The van der Waals surface area contributed by atoms with Gasteiger partial charge in [0.2, 0.25) is 0 Å². The summed E-state index contributed by atoms with van der Waals surface area (Å²) in [5, 5.41) is 0. The van der Waals surface area contributed by atoms with E-state index in [1.807, 2.05) is 0 Å². The molecule has 128 valence electrons. The molecule has 0 radical (unpaired) electrons. The number of rotatable bonds is 6. The SMILES string of the molecule is FC(F)(F)c1cccc(OC[C@@H](/C=C/I)OC2CCCCO2)c1. The molecule has 3 nitrogen and oxygen atoms in total. The lowest BCUT2D eigenvalue weighted by Crippen LogP contribution is -2.30. The zero-order valence-electron chi connectivity index (χ0n) is 12.4. The third-order valence-corrected chi connectivity index (χ3v) is 3.74. The fourth-order valence-corrected chi connectivity index (χ4v) is 2.64. The third kappa shape index (κ3) is 6.31. The van der Waals surface area contributed by atoms with E-state index < -0.39 is 11.7 Å². The lowest BCUT2D eigenvalue weighted by molar-refractivity contribution is -0.182. The van der Waals surface area contributed by atoms with E-state index >= 15 is 0 Å². The van der Waals surface area contributed by atoms with Crippen molar-refractivity contribution < 1.29 is 27.4 Å². The Kier molecular flexibility index (Phi) is 7.16. The number of alkyl halides is 3. The maximum Gasteiger partial charge on any atom is 0.416 e. The van der Waals surface area contributed by atoms with Gasteiger partial charge in [-0.05, 0) is 47.6 Å². The van der Waals surface area contributed by atoms with Crippen LogP contribution < -0.4 is 4.74 Å². The predicted molar refractivity (Wildman–Crippen MR) is 88.6 cm³/mol. The monoisotopic (exact) mass is 442 g/mol. The van der Waals surface area contributed by atoms with Gasteiger partial charge >= 0.3 is 6.18 Å². The number of benzene rings is 1. The Morgan fingerprint density at radius 3 is 2.83 bits per heavy atom. The molecule has 1 aliphatic rings. The summed E-state index contributed by atoms with van der Waals surface area (Å²) in [5.41, 5.74) is -0.729. The van der Waals surface area contributed by atoms with Gasteiger partial charge in [0.1, 0.15) is 18.5 Å². The van der Waals surface area contributed by atoms with E-state index in [1.165, 1.54) is 12.1 Å². The smallest absolute Gasteiger partial charge is 0.416 e. The van der Waals surface area contributed by atoms with E-state index in [-0.39, 0.29) is 24.8 Å². The van der Waals surface area contributed by atoms with Crippen LogP contribution in [0.5, 0.6) is 5.75 Å². The molecule has 7 heteroatoms. The molecule has 0 aromatic heterocycles. The summed E-state index contributed by atoms with van der Waals surface area (Å²) in [6.45, 7) is 0.792. The van der Waals surface area contributed by atoms with Crippen LogP contribution in [0.4, 0.5) is 13.2 Å². The minimum absolute atomic E-state index is 0.126. The van der Waals surface area contributed by atoms with Crippen molar-refractivity contribution >= 4 is 22.6 Å². The summed E-state index contributed by atoms with van der Waals surface area (Å²) < 4.78 is 56.6. The molecule has 0 bridgehead atoms. The molecule has 1 heterocycles. The molecule has 1 aromatic rings. The van der Waals surface area contributed by atoms with Crippen molar-refractivity contribution in [3.05, 3.63) is 40.0 Å². The minimum atomic E-state index is -4.38. The van der Waals surface area contributed by atoms with Crippen molar-refractivity contribution in [1.82, 2.24) is 0 Å². The zero-order chi connectivity index (χ0) is 16.7. The maximum absolute atomic E-state index is 12.7. The van der Waals surface area contributed by atoms with Crippen LogP contribution in [0.15, 0.2) is 34.4 Å². The van der Waals surface area contributed by atoms with Crippen molar-refractivity contribution in [1.29, 1.82) is 0 Å². The number of ether oxygens (including phenoxy) is 3. The molecule has 1 aliphatic heterocycles. The average Bonchev–Trinajstić information content (AvgIpc) is 2.53. The molecular weight excluding hydrogens is 424 g/mol. The summed E-state index contributed by atoms with van der Waals surface area (Å²) in [5.74, 6) is 0.167. The van der Waals surface area contributed by atoms with E-state index in [4.69, 9.17) is 14.2 Å². The molecule has 2 atom stereocenters. The van der Waals surface area contributed by atoms with E-state index in [1.54, 1.807) is 10.2 Å². The Hall–Kier alpha value is -0.800. The summed E-state index contributed by atoms with van der Waals surface area (Å²) in [7, 11) is 0. The quantitative estimate of drug-likeness (QED) is 0.584. The standard InChI is InChI=1S/C16H18F3IO3/c17-16(18,19)12-4-3-5-13(10-12)22-11-14(7-8-20)23-15-6-1-2-9-21-15/h3-5,7-8,10,14-15H,1-2,6,9,11H2/b8-7+/t14-,15?/m1/s1. The van der Waals surface area contributed by atoms with Gasteiger partial charge in [0.25, 0.3) is 0 Å². The van der Waals surface area contributed by atoms with Gasteiger partial charge in [0.15, 0.2) is 6.29 Å². The topological polar surface area (TPSA) is 27.7 Å². The average molecular weight is 442 g/mol. The van der Waals surface area contributed by atoms with Crippen molar-refractivity contribution in [2.75, 3.05) is 13.2 Å². The molecule has 0 saturated carbocycles. The second-order valence-electron chi connectivity index (χ2n) is 5.13. The second-order valence-corrected chi connectivity index (χ2v) is 5.84. The molecule has 0 spiro atoms. The van der Waals surface area contributed by atoms with Gasteiger partial charge in [-0.15, -0.1) is 0 Å². The van der Waals surface area contributed by atoms with Crippen LogP contribution in [0.3, 0.4) is 0 Å². The predicted octanol–water partition coefficient (Wildman–Crippen LogP) is 4.94. The Morgan fingerprint density at radius 2 is 2.17 bits per heavy atom. The minimum Gasteiger partial charge on any atom is -0.491 e. The Balaban J connectivity index is 1.93. The van der Waals surface area contributed by atoms with Gasteiger partial charge in [-0.2, -0.15) is 13.2 Å². The Morgan fingerprint density at radius 1 is 1.35 bits per heavy atom. The van der Waals surface area contributed by atoms with Crippen LogP contribution in [0.1, 0.15) is 24.8 Å². The number of halogens is 4. The fourth-order valence-electron chi connectivity index (χ4n) is 2.18. The highest BCUT2D eigenvalue weighted by atomic mass is 127. The van der Waals surface area contributed by atoms with Crippen LogP contribution in [-0.2, 0) is 15.7 Å². The first-order valence-corrected chi connectivity index (χ1v) is 8.57. The van der Waals surface area contributed by atoms with Crippen molar-refractivity contribution in [3.63, 3.8) is 0 Å². The van der Waals surface area contributed by atoms with E-state index in [0.717, 1.165) is 31.4 Å². The lowest BCUT2D eigenvalue weighted by Gasteiger charge is -2.26. The first-order chi connectivity index (χ1) is 11.0. The highest BCUT2D eigenvalue weighted by molar-refractivity contribution is 14.1.